The Kier molecular flexibility index (Phi) is 1.57. The first-order chi connectivity index (χ1) is 5.47. The lowest BCUT2D eigenvalue weighted by Crippen LogP contribution is -1.83. The van der Waals surface area contributed by atoms with Gasteiger partial charge in [-0.3, -0.25) is 0 Å². The molecule has 0 bridgehead atoms. The largest absolute Gasteiger partial charge is 0.221 e. The van der Waals surface area contributed by atoms with Gasteiger partial charge in [-0.15, -0.1) is 5.10 Å². The van der Waals surface area contributed by atoms with Crippen LogP contribution in [0.2, 0.25) is 0 Å². The third-order valence-corrected chi connectivity index (χ3v) is 1.84. The molecule has 0 atom stereocenters. The average molecular weight is 164 g/mol. The van der Waals surface area contributed by atoms with Crippen LogP contribution in [0, 0.1) is 0 Å². The highest BCUT2D eigenvalue weighted by molar-refractivity contribution is 7.09. The average Bonchev–Trinajstić information content (AvgIpc) is 2.58. The van der Waals surface area contributed by atoms with Gasteiger partial charge in [0.15, 0.2) is 5.01 Å². The molecule has 2 heterocycles. The fourth-order valence-corrected chi connectivity index (χ4v) is 1.19. The lowest BCUT2D eigenvalue weighted by molar-refractivity contribution is 1.03. The molecule has 0 aliphatic rings. The van der Waals surface area contributed by atoms with E-state index >= 15 is 0 Å². The van der Waals surface area contributed by atoms with E-state index in [0.29, 0.717) is 0 Å². The molecule has 0 saturated carbocycles. The highest BCUT2D eigenvalue weighted by Crippen LogP contribution is 2.14. The minimum absolute atomic E-state index is 0.773. The van der Waals surface area contributed by atoms with Crippen molar-refractivity contribution in [2.75, 3.05) is 0 Å². The van der Waals surface area contributed by atoms with Crippen molar-refractivity contribution in [2.24, 2.45) is 0 Å². The molecule has 0 saturated heterocycles. The van der Waals surface area contributed by atoms with Crippen LogP contribution in [-0.4, -0.2) is 19.6 Å². The summed E-state index contributed by atoms with van der Waals surface area (Å²) < 4.78 is 3.86. The summed E-state index contributed by atoms with van der Waals surface area (Å²) in [4.78, 5) is 3.99. The van der Waals surface area contributed by atoms with Crippen LogP contribution in [0.3, 0.4) is 0 Å². The van der Waals surface area contributed by atoms with Crippen LogP contribution < -0.4 is 0 Å². The van der Waals surface area contributed by atoms with Gasteiger partial charge < -0.3 is 0 Å². The Morgan fingerprint density at radius 3 is 3.00 bits per heavy atom. The van der Waals surface area contributed by atoms with E-state index in [4.69, 9.17) is 0 Å². The van der Waals surface area contributed by atoms with Crippen LogP contribution >= 0.6 is 11.5 Å². The highest BCUT2D eigenvalue weighted by Gasteiger charge is 2.00. The predicted molar refractivity (Wildman–Crippen MR) is 40.9 cm³/mol. The Morgan fingerprint density at radius 2 is 2.36 bits per heavy atom. The second-order valence-corrected chi connectivity index (χ2v) is 2.64. The lowest BCUT2D eigenvalue weighted by atomic mass is 10.4. The van der Waals surface area contributed by atoms with Crippen molar-refractivity contribution in [1.82, 2.24) is 19.6 Å². The zero-order valence-corrected chi connectivity index (χ0v) is 6.32. The predicted octanol–water partition coefficient (Wildman–Crippen LogP) is 0.995. The number of hydrogen-bond donors (Lipinski definition) is 0. The third kappa shape index (κ3) is 1.22. The van der Waals surface area contributed by atoms with Crippen molar-refractivity contribution in [2.45, 2.75) is 0 Å². The molecule has 54 valence electrons. The van der Waals surface area contributed by atoms with Crippen molar-refractivity contribution in [3.8, 4) is 10.7 Å². The normalized spacial score (nSPS) is 9.82. The van der Waals surface area contributed by atoms with E-state index in [-0.39, 0.29) is 0 Å². The maximum atomic E-state index is 3.99. The van der Waals surface area contributed by atoms with Gasteiger partial charge in [-0.25, -0.2) is 4.98 Å². The van der Waals surface area contributed by atoms with Gasteiger partial charge in [0.25, 0.3) is 0 Å². The standard InChI is InChI=1S/C6H4N4S/c1-2-5(10-8-3-1)6-7-4-9-11-6/h1-4H. The van der Waals surface area contributed by atoms with Crippen molar-refractivity contribution in [1.29, 1.82) is 0 Å². The van der Waals surface area contributed by atoms with Gasteiger partial charge in [-0.2, -0.15) is 9.47 Å². The molecule has 2 aromatic rings. The molecular weight excluding hydrogens is 160 g/mol. The summed E-state index contributed by atoms with van der Waals surface area (Å²) >= 11 is 1.31. The summed E-state index contributed by atoms with van der Waals surface area (Å²) in [5.41, 5.74) is 0.773. The van der Waals surface area contributed by atoms with E-state index in [0.717, 1.165) is 10.7 Å². The van der Waals surface area contributed by atoms with Crippen molar-refractivity contribution in [3.63, 3.8) is 0 Å². The number of hydrogen-bond acceptors (Lipinski definition) is 5. The third-order valence-electron chi connectivity index (χ3n) is 1.15. The first-order valence-corrected chi connectivity index (χ1v) is 3.79. The molecule has 2 rings (SSSR count). The maximum absolute atomic E-state index is 3.99. The van der Waals surface area contributed by atoms with Gasteiger partial charge in [0.2, 0.25) is 0 Å². The van der Waals surface area contributed by atoms with E-state index in [1.807, 2.05) is 12.1 Å². The van der Waals surface area contributed by atoms with Crippen molar-refractivity contribution < 1.29 is 0 Å². The van der Waals surface area contributed by atoms with Crippen LogP contribution in [0.25, 0.3) is 10.7 Å². The van der Waals surface area contributed by atoms with E-state index in [9.17, 15) is 0 Å². The van der Waals surface area contributed by atoms with Crippen LogP contribution in [-0.2, 0) is 0 Å². The van der Waals surface area contributed by atoms with Gasteiger partial charge in [0.05, 0.1) is 0 Å². The fourth-order valence-electron chi connectivity index (χ4n) is 0.702. The SMILES string of the molecule is c1cnnc(-c2ncns2)c1. The summed E-state index contributed by atoms with van der Waals surface area (Å²) in [5, 5.41) is 8.41. The molecular formula is C6H4N4S. The molecule has 0 aliphatic heterocycles. The first kappa shape index (κ1) is 6.36. The Balaban J connectivity index is 2.46. The van der Waals surface area contributed by atoms with E-state index < -0.39 is 0 Å². The molecule has 0 aliphatic carbocycles. The fraction of sp³-hybridized carbons (Fsp3) is 0. The second kappa shape index (κ2) is 2.71. The van der Waals surface area contributed by atoms with Gasteiger partial charge in [-0.1, -0.05) is 0 Å². The quantitative estimate of drug-likeness (QED) is 0.630. The summed E-state index contributed by atoms with van der Waals surface area (Å²) in [6.45, 7) is 0. The molecule has 0 amide bonds. The topological polar surface area (TPSA) is 51.6 Å². The van der Waals surface area contributed by atoms with Crippen molar-refractivity contribution in [3.05, 3.63) is 24.7 Å². The van der Waals surface area contributed by atoms with Crippen molar-refractivity contribution >= 4 is 11.5 Å². The van der Waals surface area contributed by atoms with Crippen LogP contribution in [0.4, 0.5) is 0 Å². The molecule has 0 aromatic carbocycles. The van der Waals surface area contributed by atoms with Crippen LogP contribution in [0.15, 0.2) is 24.7 Å². The number of aromatic nitrogens is 4. The van der Waals surface area contributed by atoms with Crippen LogP contribution in [0.5, 0.6) is 0 Å². The van der Waals surface area contributed by atoms with Crippen LogP contribution in [0.1, 0.15) is 0 Å². The summed E-state index contributed by atoms with van der Waals surface area (Å²) in [7, 11) is 0. The molecule has 5 heteroatoms. The zero-order valence-electron chi connectivity index (χ0n) is 5.51. The first-order valence-electron chi connectivity index (χ1n) is 3.01. The second-order valence-electron chi connectivity index (χ2n) is 1.86. The summed E-state index contributed by atoms with van der Waals surface area (Å²) in [5.74, 6) is 0. The minimum atomic E-state index is 0.773. The van der Waals surface area contributed by atoms with Gasteiger partial charge in [0.1, 0.15) is 12.0 Å². The molecule has 0 unspecified atom stereocenters. The molecule has 2 aromatic heterocycles. The smallest absolute Gasteiger partial charge is 0.163 e. The van der Waals surface area contributed by atoms with E-state index in [2.05, 4.69) is 19.6 Å². The Labute approximate surface area is 67.1 Å². The minimum Gasteiger partial charge on any atom is -0.221 e. The van der Waals surface area contributed by atoms with E-state index in [1.165, 1.54) is 17.9 Å². The monoisotopic (exact) mass is 164 g/mol. The lowest BCUT2D eigenvalue weighted by Gasteiger charge is -1.88. The van der Waals surface area contributed by atoms with Gasteiger partial charge in [-0.05, 0) is 23.7 Å². The molecule has 0 radical (unpaired) electrons. The Hall–Kier alpha value is -1.36. The molecule has 4 nitrogen and oxygen atoms in total. The summed E-state index contributed by atoms with van der Waals surface area (Å²) in [6.07, 6.45) is 3.14. The molecule has 0 N–H and O–H groups in total. The van der Waals surface area contributed by atoms with Gasteiger partial charge >= 0.3 is 0 Å². The van der Waals surface area contributed by atoms with E-state index in [1.54, 1.807) is 6.20 Å². The molecule has 11 heavy (non-hydrogen) atoms. The number of nitrogens with zero attached hydrogens (tertiary/aromatic N) is 4. The van der Waals surface area contributed by atoms with Gasteiger partial charge in [0, 0.05) is 6.20 Å². The molecule has 0 fully saturated rings. The molecule has 0 spiro atoms. The maximum Gasteiger partial charge on any atom is 0.163 e. The Morgan fingerprint density at radius 1 is 1.36 bits per heavy atom. The highest BCUT2D eigenvalue weighted by atomic mass is 32.1. The Bertz CT molecular complexity index is 318. The zero-order chi connectivity index (χ0) is 7.52. The number of rotatable bonds is 1. The summed E-state index contributed by atoms with van der Waals surface area (Å²) in [6, 6.07) is 3.68.